The van der Waals surface area contributed by atoms with Gasteiger partial charge in [0.1, 0.15) is 5.82 Å². The molecular formula is C18H28N6O. The highest BCUT2D eigenvalue weighted by Crippen LogP contribution is 2.31. The molecule has 1 saturated carbocycles. The second-order valence-electron chi connectivity index (χ2n) is 7.56. The number of carbonyl (C=O) groups is 1. The average molecular weight is 344 g/mol. The summed E-state index contributed by atoms with van der Waals surface area (Å²) < 4.78 is 0. The zero-order chi connectivity index (χ0) is 17.1. The molecule has 0 radical (unpaired) electrons. The summed E-state index contributed by atoms with van der Waals surface area (Å²) in [6, 6.07) is 5.05. The first-order valence-electron chi connectivity index (χ1n) is 9.62. The molecule has 4 rings (SSSR count). The molecule has 1 aromatic rings. The van der Waals surface area contributed by atoms with Crippen LogP contribution in [0, 0.1) is 5.92 Å². The van der Waals surface area contributed by atoms with Gasteiger partial charge in [0.25, 0.3) is 0 Å². The topological polar surface area (TPSA) is 82.2 Å². The molecule has 3 N–H and O–H groups in total. The third-order valence-corrected chi connectivity index (χ3v) is 5.96. The Morgan fingerprint density at radius 1 is 1.20 bits per heavy atom. The molecule has 7 heteroatoms. The number of hydrogen-bond donors (Lipinski definition) is 3. The molecule has 136 valence electrons. The van der Waals surface area contributed by atoms with Gasteiger partial charge in [-0.3, -0.25) is 15.6 Å². The molecule has 1 aromatic heterocycles. The van der Waals surface area contributed by atoms with Gasteiger partial charge in [0.15, 0.2) is 0 Å². The van der Waals surface area contributed by atoms with Crippen molar-refractivity contribution in [1.82, 2.24) is 25.9 Å². The van der Waals surface area contributed by atoms with Crippen LogP contribution in [0.5, 0.6) is 0 Å². The van der Waals surface area contributed by atoms with Crippen molar-refractivity contribution in [2.24, 2.45) is 5.92 Å². The number of fused-ring (bicyclic) bond motifs is 1. The van der Waals surface area contributed by atoms with Crippen LogP contribution in [-0.2, 0) is 4.79 Å². The number of anilines is 1. The number of hydrogen-bond acceptors (Lipinski definition) is 6. The van der Waals surface area contributed by atoms with Gasteiger partial charge in [0, 0.05) is 43.8 Å². The molecule has 0 spiro atoms. The minimum absolute atomic E-state index is 0.295. The van der Waals surface area contributed by atoms with Crippen LogP contribution in [0.15, 0.2) is 18.3 Å². The van der Waals surface area contributed by atoms with E-state index in [4.69, 9.17) is 0 Å². The lowest BCUT2D eigenvalue weighted by atomic mass is 9.80. The lowest BCUT2D eigenvalue weighted by molar-refractivity contribution is -0.132. The molecule has 3 aliphatic rings. The van der Waals surface area contributed by atoms with Crippen LogP contribution in [0.25, 0.3) is 0 Å². The van der Waals surface area contributed by atoms with Gasteiger partial charge in [-0.05, 0) is 43.7 Å². The molecule has 0 aromatic carbocycles. The average Bonchev–Trinajstić information content (AvgIpc) is 3.06. The number of rotatable bonds is 4. The Hall–Kier alpha value is -1.73. The molecule has 3 unspecified atom stereocenters. The highest BCUT2D eigenvalue weighted by atomic mass is 16.2. The van der Waals surface area contributed by atoms with Crippen molar-refractivity contribution in [3.05, 3.63) is 18.3 Å². The number of aromatic nitrogens is 2. The molecule has 3 atom stereocenters. The molecule has 3 heterocycles. The molecule has 0 bridgehead atoms. The Morgan fingerprint density at radius 3 is 2.84 bits per heavy atom. The normalized spacial score (nSPS) is 30.1. The molecule has 2 saturated heterocycles. The Labute approximate surface area is 148 Å². The highest BCUT2D eigenvalue weighted by molar-refractivity contribution is 5.77. The first-order valence-corrected chi connectivity index (χ1v) is 9.62. The van der Waals surface area contributed by atoms with Gasteiger partial charge in [0.2, 0.25) is 5.91 Å². The van der Waals surface area contributed by atoms with Crippen LogP contribution in [0.3, 0.4) is 0 Å². The van der Waals surface area contributed by atoms with E-state index in [-0.39, 0.29) is 0 Å². The largest absolute Gasteiger partial charge is 0.366 e. The van der Waals surface area contributed by atoms with E-state index in [1.807, 2.05) is 17.0 Å². The van der Waals surface area contributed by atoms with E-state index in [9.17, 15) is 4.79 Å². The van der Waals surface area contributed by atoms with E-state index in [0.717, 1.165) is 31.7 Å². The van der Waals surface area contributed by atoms with E-state index in [1.54, 1.807) is 6.20 Å². The number of piperidine rings is 1. The Balaban J connectivity index is 1.24. The van der Waals surface area contributed by atoms with Gasteiger partial charge in [-0.25, -0.2) is 0 Å². The van der Waals surface area contributed by atoms with E-state index < -0.39 is 0 Å². The molecular weight excluding hydrogens is 316 g/mol. The first-order chi connectivity index (χ1) is 12.3. The number of nitrogens with one attached hydrogen (secondary N) is 3. The predicted octanol–water partition coefficient (Wildman–Crippen LogP) is 1.30. The van der Waals surface area contributed by atoms with Gasteiger partial charge >= 0.3 is 0 Å². The molecule has 1 aliphatic carbocycles. The van der Waals surface area contributed by atoms with Crippen molar-refractivity contribution in [2.75, 3.05) is 18.4 Å². The van der Waals surface area contributed by atoms with E-state index in [1.165, 1.54) is 25.7 Å². The van der Waals surface area contributed by atoms with Crippen molar-refractivity contribution < 1.29 is 4.79 Å². The lowest BCUT2D eigenvalue weighted by Gasteiger charge is -2.34. The number of amides is 1. The van der Waals surface area contributed by atoms with Crippen LogP contribution < -0.4 is 16.2 Å². The van der Waals surface area contributed by atoms with Crippen LogP contribution in [0.2, 0.25) is 0 Å². The maximum Gasteiger partial charge on any atom is 0.224 e. The Kier molecular flexibility index (Phi) is 5.12. The summed E-state index contributed by atoms with van der Waals surface area (Å²) >= 11 is 0. The van der Waals surface area contributed by atoms with Gasteiger partial charge in [-0.1, -0.05) is 12.8 Å². The first kappa shape index (κ1) is 16.7. The van der Waals surface area contributed by atoms with Gasteiger partial charge in [0.05, 0.1) is 0 Å². The molecule has 2 aliphatic heterocycles. The Bertz CT molecular complexity index is 574. The summed E-state index contributed by atoms with van der Waals surface area (Å²) in [5.74, 6) is 1.73. The number of hydrazine groups is 1. The highest BCUT2D eigenvalue weighted by Gasteiger charge is 2.38. The molecule has 1 amide bonds. The van der Waals surface area contributed by atoms with Crippen molar-refractivity contribution in [3.63, 3.8) is 0 Å². The Morgan fingerprint density at radius 2 is 2.04 bits per heavy atom. The standard InChI is InChI=1S/C18H28N6O/c25-18(12-16-14-4-1-2-5-15(14)21-22-16)24-10-7-13(8-11-24)20-17-6-3-9-19-23-17/h3,6,9,13-16,21-22H,1-2,4-5,7-8,10-12H2,(H,20,23). The van der Waals surface area contributed by atoms with Crippen molar-refractivity contribution in [1.29, 1.82) is 0 Å². The number of carbonyl (C=O) groups excluding carboxylic acids is 1. The number of nitrogens with zero attached hydrogens (tertiary/aromatic N) is 3. The van der Waals surface area contributed by atoms with Crippen LogP contribution >= 0.6 is 0 Å². The van der Waals surface area contributed by atoms with Crippen molar-refractivity contribution in [3.8, 4) is 0 Å². The second-order valence-corrected chi connectivity index (χ2v) is 7.56. The molecule has 25 heavy (non-hydrogen) atoms. The quantitative estimate of drug-likeness (QED) is 0.764. The van der Waals surface area contributed by atoms with Crippen molar-refractivity contribution in [2.45, 2.75) is 63.1 Å². The van der Waals surface area contributed by atoms with E-state index in [0.29, 0.717) is 36.4 Å². The third kappa shape index (κ3) is 3.93. The smallest absolute Gasteiger partial charge is 0.224 e. The maximum atomic E-state index is 12.7. The predicted molar refractivity (Wildman–Crippen MR) is 95.7 cm³/mol. The fourth-order valence-corrected chi connectivity index (χ4v) is 4.52. The zero-order valence-electron chi connectivity index (χ0n) is 14.7. The monoisotopic (exact) mass is 344 g/mol. The number of likely N-dealkylation sites (tertiary alicyclic amines) is 1. The van der Waals surface area contributed by atoms with Crippen LogP contribution in [0.4, 0.5) is 5.82 Å². The van der Waals surface area contributed by atoms with Gasteiger partial charge < -0.3 is 10.2 Å². The summed E-state index contributed by atoms with van der Waals surface area (Å²) in [5.41, 5.74) is 6.79. The summed E-state index contributed by atoms with van der Waals surface area (Å²) in [4.78, 5) is 14.7. The second kappa shape index (κ2) is 7.66. The zero-order valence-corrected chi connectivity index (χ0v) is 14.7. The third-order valence-electron chi connectivity index (χ3n) is 5.96. The SMILES string of the molecule is O=C(CC1NNC2CCCCC21)N1CCC(Nc2cccnn2)CC1. The van der Waals surface area contributed by atoms with Gasteiger partial charge in [-0.15, -0.1) is 5.10 Å². The fourth-order valence-electron chi connectivity index (χ4n) is 4.52. The summed E-state index contributed by atoms with van der Waals surface area (Å²) in [5, 5.41) is 11.4. The minimum atomic E-state index is 0.295. The lowest BCUT2D eigenvalue weighted by Crippen LogP contribution is -2.45. The van der Waals surface area contributed by atoms with Crippen LogP contribution in [0.1, 0.15) is 44.9 Å². The minimum Gasteiger partial charge on any atom is -0.366 e. The summed E-state index contributed by atoms with van der Waals surface area (Å²) in [7, 11) is 0. The fraction of sp³-hybridized carbons (Fsp3) is 0.722. The molecule has 7 nitrogen and oxygen atoms in total. The molecule has 3 fully saturated rings. The van der Waals surface area contributed by atoms with Gasteiger partial charge in [-0.2, -0.15) is 5.10 Å². The summed E-state index contributed by atoms with van der Waals surface area (Å²) in [6.45, 7) is 1.65. The van der Waals surface area contributed by atoms with E-state index in [2.05, 4.69) is 26.4 Å². The van der Waals surface area contributed by atoms with Crippen LogP contribution in [-0.4, -0.2) is 52.2 Å². The van der Waals surface area contributed by atoms with E-state index >= 15 is 0 Å². The maximum absolute atomic E-state index is 12.7. The van der Waals surface area contributed by atoms with Crippen molar-refractivity contribution >= 4 is 11.7 Å². The summed E-state index contributed by atoms with van der Waals surface area (Å²) in [6.07, 6.45) is 9.31.